The Bertz CT molecular complexity index is 376. The molecule has 0 aliphatic carbocycles. The van der Waals surface area contributed by atoms with Crippen LogP contribution in [0.1, 0.15) is 26.8 Å². The number of ether oxygens (including phenoxy) is 1. The van der Waals surface area contributed by atoms with Crippen molar-refractivity contribution in [3.05, 3.63) is 15.3 Å². The van der Waals surface area contributed by atoms with Crippen LogP contribution in [0.15, 0.2) is 4.79 Å². The van der Waals surface area contributed by atoms with Crippen molar-refractivity contribution in [2.24, 2.45) is 5.92 Å². The third-order valence-corrected chi connectivity index (χ3v) is 2.61. The Labute approximate surface area is 93.4 Å². The monoisotopic (exact) mass is 231 g/mol. The molecule has 0 radical (unpaired) electrons. The van der Waals surface area contributed by atoms with E-state index in [0.29, 0.717) is 23.9 Å². The SMILES string of the molecule is CCOCC(C(C)C)n1c(=O)[nH][nH]c1=S. The minimum Gasteiger partial charge on any atom is -0.380 e. The smallest absolute Gasteiger partial charge is 0.342 e. The summed E-state index contributed by atoms with van der Waals surface area (Å²) in [4.78, 5) is 11.5. The zero-order valence-electron chi connectivity index (χ0n) is 9.24. The molecule has 0 spiro atoms. The molecule has 0 aliphatic rings. The molecule has 15 heavy (non-hydrogen) atoms. The van der Waals surface area contributed by atoms with E-state index in [2.05, 4.69) is 10.2 Å². The first-order valence-corrected chi connectivity index (χ1v) is 5.45. The lowest BCUT2D eigenvalue weighted by Crippen LogP contribution is -2.29. The van der Waals surface area contributed by atoms with Crippen molar-refractivity contribution < 1.29 is 4.74 Å². The number of aromatic amines is 2. The standard InChI is InChI=1S/C9H17N3O2S/c1-4-14-5-7(6(2)3)12-8(13)10-11-9(12)15/h6-7H,4-5H2,1-3H3,(H,10,13)(H,11,15). The van der Waals surface area contributed by atoms with Gasteiger partial charge in [0, 0.05) is 6.61 Å². The Morgan fingerprint density at radius 1 is 1.47 bits per heavy atom. The lowest BCUT2D eigenvalue weighted by Gasteiger charge is -2.20. The Hall–Kier alpha value is -0.880. The van der Waals surface area contributed by atoms with Gasteiger partial charge in [-0.15, -0.1) is 0 Å². The van der Waals surface area contributed by atoms with Crippen LogP contribution in [0.2, 0.25) is 0 Å². The van der Waals surface area contributed by atoms with Gasteiger partial charge in [-0.1, -0.05) is 13.8 Å². The van der Waals surface area contributed by atoms with E-state index in [4.69, 9.17) is 17.0 Å². The van der Waals surface area contributed by atoms with E-state index in [1.54, 1.807) is 0 Å². The third kappa shape index (κ3) is 2.79. The van der Waals surface area contributed by atoms with E-state index in [1.165, 1.54) is 4.57 Å². The van der Waals surface area contributed by atoms with E-state index >= 15 is 0 Å². The minimum absolute atomic E-state index is 0.0209. The van der Waals surface area contributed by atoms with Crippen LogP contribution in [0.25, 0.3) is 0 Å². The van der Waals surface area contributed by atoms with Crippen LogP contribution in [-0.4, -0.2) is 28.0 Å². The summed E-state index contributed by atoms with van der Waals surface area (Å²) in [6.07, 6.45) is 0. The maximum Gasteiger partial charge on any atom is 0.342 e. The van der Waals surface area contributed by atoms with E-state index in [0.717, 1.165) is 0 Å². The maximum absolute atomic E-state index is 11.5. The lowest BCUT2D eigenvalue weighted by molar-refractivity contribution is 0.0946. The van der Waals surface area contributed by atoms with Gasteiger partial charge in [0.05, 0.1) is 12.6 Å². The summed E-state index contributed by atoms with van der Waals surface area (Å²) in [6.45, 7) is 7.15. The van der Waals surface area contributed by atoms with Crippen molar-refractivity contribution in [1.29, 1.82) is 0 Å². The van der Waals surface area contributed by atoms with Gasteiger partial charge in [0.25, 0.3) is 0 Å². The summed E-state index contributed by atoms with van der Waals surface area (Å²) in [7, 11) is 0. The van der Waals surface area contributed by atoms with Gasteiger partial charge in [0.15, 0.2) is 4.77 Å². The molecule has 1 unspecified atom stereocenters. The Balaban J connectivity index is 2.99. The molecular formula is C9H17N3O2S. The average Bonchev–Trinajstić information content (AvgIpc) is 2.49. The third-order valence-electron chi connectivity index (χ3n) is 2.31. The highest BCUT2D eigenvalue weighted by Crippen LogP contribution is 2.16. The summed E-state index contributed by atoms with van der Waals surface area (Å²) in [5, 5.41) is 5.10. The lowest BCUT2D eigenvalue weighted by atomic mass is 10.1. The van der Waals surface area contributed by atoms with Gasteiger partial charge in [0.1, 0.15) is 0 Å². The maximum atomic E-state index is 11.5. The van der Waals surface area contributed by atoms with Gasteiger partial charge >= 0.3 is 5.69 Å². The van der Waals surface area contributed by atoms with E-state index in [-0.39, 0.29) is 11.7 Å². The molecule has 1 aromatic heterocycles. The summed E-state index contributed by atoms with van der Waals surface area (Å²) < 4.78 is 7.31. The van der Waals surface area contributed by atoms with Crippen LogP contribution >= 0.6 is 12.2 Å². The summed E-state index contributed by atoms with van der Waals surface area (Å²) in [5.74, 6) is 0.292. The van der Waals surface area contributed by atoms with Gasteiger partial charge in [-0.2, -0.15) is 0 Å². The second kappa shape index (κ2) is 5.27. The fourth-order valence-corrected chi connectivity index (χ4v) is 1.69. The van der Waals surface area contributed by atoms with Crippen molar-refractivity contribution in [2.75, 3.05) is 13.2 Å². The molecule has 0 saturated heterocycles. The molecule has 1 aromatic rings. The second-order valence-corrected chi connectivity index (χ2v) is 4.09. The molecule has 0 bridgehead atoms. The molecule has 5 nitrogen and oxygen atoms in total. The number of hydrogen-bond acceptors (Lipinski definition) is 3. The first kappa shape index (κ1) is 12.2. The van der Waals surface area contributed by atoms with Crippen LogP contribution in [0, 0.1) is 10.7 Å². The first-order chi connectivity index (χ1) is 7.07. The molecule has 2 N–H and O–H groups in total. The Kier molecular flexibility index (Phi) is 4.28. The molecule has 86 valence electrons. The molecule has 1 atom stereocenters. The molecule has 1 heterocycles. The summed E-state index contributed by atoms with van der Waals surface area (Å²) >= 11 is 5.04. The van der Waals surface area contributed by atoms with E-state index in [1.807, 2.05) is 20.8 Å². The fraction of sp³-hybridized carbons (Fsp3) is 0.778. The van der Waals surface area contributed by atoms with Gasteiger partial charge in [0.2, 0.25) is 0 Å². The minimum atomic E-state index is -0.210. The zero-order chi connectivity index (χ0) is 11.4. The molecule has 0 aromatic carbocycles. The molecular weight excluding hydrogens is 214 g/mol. The number of hydrogen-bond donors (Lipinski definition) is 2. The predicted octanol–water partition coefficient (Wildman–Crippen LogP) is 1.47. The summed E-state index contributed by atoms with van der Waals surface area (Å²) in [5.41, 5.74) is -0.210. The highest BCUT2D eigenvalue weighted by atomic mass is 32.1. The van der Waals surface area contributed by atoms with E-state index in [9.17, 15) is 4.79 Å². The highest BCUT2D eigenvalue weighted by Gasteiger charge is 2.18. The molecule has 6 heteroatoms. The van der Waals surface area contributed by atoms with Gasteiger partial charge in [-0.25, -0.2) is 9.89 Å². The normalized spacial score (nSPS) is 13.3. The number of H-pyrrole nitrogens is 2. The quantitative estimate of drug-likeness (QED) is 0.754. The molecule has 0 saturated carbocycles. The highest BCUT2D eigenvalue weighted by molar-refractivity contribution is 7.71. The second-order valence-electron chi connectivity index (χ2n) is 3.70. The molecule has 0 fully saturated rings. The Morgan fingerprint density at radius 2 is 2.13 bits per heavy atom. The van der Waals surface area contributed by atoms with Gasteiger partial charge in [-0.3, -0.25) is 9.67 Å². The average molecular weight is 231 g/mol. The topological polar surface area (TPSA) is 62.8 Å². The number of aromatic nitrogens is 3. The number of nitrogens with one attached hydrogen (secondary N) is 2. The van der Waals surface area contributed by atoms with Gasteiger partial charge in [-0.05, 0) is 25.1 Å². The fourth-order valence-electron chi connectivity index (χ4n) is 1.42. The van der Waals surface area contributed by atoms with Crippen LogP contribution in [-0.2, 0) is 4.74 Å². The zero-order valence-corrected chi connectivity index (χ0v) is 10.1. The first-order valence-electron chi connectivity index (χ1n) is 5.04. The molecule has 0 amide bonds. The van der Waals surface area contributed by atoms with Crippen molar-refractivity contribution in [3.8, 4) is 0 Å². The van der Waals surface area contributed by atoms with Crippen molar-refractivity contribution in [3.63, 3.8) is 0 Å². The van der Waals surface area contributed by atoms with Gasteiger partial charge < -0.3 is 4.74 Å². The molecule has 0 aliphatic heterocycles. The number of nitrogens with zero attached hydrogens (tertiary/aromatic N) is 1. The largest absolute Gasteiger partial charge is 0.380 e. The Morgan fingerprint density at radius 3 is 2.53 bits per heavy atom. The molecule has 1 rings (SSSR count). The van der Waals surface area contributed by atoms with Crippen LogP contribution in [0.3, 0.4) is 0 Å². The summed E-state index contributed by atoms with van der Waals surface area (Å²) in [6, 6.07) is -0.0209. The number of rotatable bonds is 5. The predicted molar refractivity (Wildman–Crippen MR) is 60.6 cm³/mol. The van der Waals surface area contributed by atoms with E-state index < -0.39 is 0 Å². The van der Waals surface area contributed by atoms with Crippen molar-refractivity contribution in [2.45, 2.75) is 26.8 Å². The van der Waals surface area contributed by atoms with Crippen LogP contribution in [0.5, 0.6) is 0 Å². The van der Waals surface area contributed by atoms with Crippen LogP contribution < -0.4 is 5.69 Å². The van der Waals surface area contributed by atoms with Crippen LogP contribution in [0.4, 0.5) is 0 Å². The van der Waals surface area contributed by atoms with Crippen molar-refractivity contribution >= 4 is 12.2 Å². The van der Waals surface area contributed by atoms with Crippen molar-refractivity contribution in [1.82, 2.24) is 14.8 Å².